The number of benzene rings is 3. The highest BCUT2D eigenvalue weighted by molar-refractivity contribution is 7.92. The van der Waals surface area contributed by atoms with Gasteiger partial charge >= 0.3 is 0 Å². The average Bonchev–Trinajstić information content (AvgIpc) is 2.96. The lowest BCUT2D eigenvalue weighted by atomic mass is 10.1. The van der Waals surface area contributed by atoms with Crippen LogP contribution in [0.4, 0.5) is 5.69 Å². The van der Waals surface area contributed by atoms with Gasteiger partial charge in [-0.2, -0.15) is 0 Å². The van der Waals surface area contributed by atoms with E-state index < -0.39 is 28.5 Å². The van der Waals surface area contributed by atoms with E-state index in [2.05, 4.69) is 5.32 Å². The highest BCUT2D eigenvalue weighted by Gasteiger charge is 2.35. The van der Waals surface area contributed by atoms with Crippen LogP contribution in [-0.2, 0) is 26.2 Å². The van der Waals surface area contributed by atoms with Crippen LogP contribution in [0, 0.1) is 13.8 Å². The number of nitrogens with one attached hydrogen (secondary N) is 1. The van der Waals surface area contributed by atoms with Gasteiger partial charge in [-0.25, -0.2) is 8.42 Å². The molecule has 0 radical (unpaired) electrons. The van der Waals surface area contributed by atoms with Crippen LogP contribution < -0.4 is 14.4 Å². The SMILES string of the molecule is CC[C@H](C(=O)N[C@@H](C)CC)N(Cc1ccccc1Cl)C(=O)CN(c1cc(C)ccc1OC)S(=O)(=O)c1ccc(C)cc1. The number of ether oxygens (including phenoxy) is 1. The number of halogens is 1. The fourth-order valence-corrected chi connectivity index (χ4v) is 6.13. The van der Waals surface area contributed by atoms with Crippen LogP contribution in [0.5, 0.6) is 5.75 Å². The van der Waals surface area contributed by atoms with E-state index in [1.807, 2.05) is 34.6 Å². The Bertz CT molecular complexity index is 1490. The molecule has 0 heterocycles. The summed E-state index contributed by atoms with van der Waals surface area (Å²) < 4.78 is 34.9. The molecule has 8 nitrogen and oxygen atoms in total. The van der Waals surface area contributed by atoms with E-state index in [-0.39, 0.29) is 29.1 Å². The molecule has 0 aliphatic carbocycles. The lowest BCUT2D eigenvalue weighted by Gasteiger charge is -2.34. The van der Waals surface area contributed by atoms with Crippen LogP contribution in [-0.4, -0.2) is 50.9 Å². The van der Waals surface area contributed by atoms with Crippen LogP contribution in [0.1, 0.15) is 50.3 Å². The fraction of sp³-hybridized carbons (Fsp3) is 0.375. The Balaban J connectivity index is 2.14. The number of sulfonamides is 1. The van der Waals surface area contributed by atoms with E-state index in [0.29, 0.717) is 22.8 Å². The zero-order valence-corrected chi connectivity index (χ0v) is 26.6. The summed E-state index contributed by atoms with van der Waals surface area (Å²) in [5.41, 5.74) is 2.55. The summed E-state index contributed by atoms with van der Waals surface area (Å²) in [7, 11) is -2.78. The minimum Gasteiger partial charge on any atom is -0.495 e. The van der Waals surface area contributed by atoms with Gasteiger partial charge in [-0.3, -0.25) is 13.9 Å². The number of carbonyl (C=O) groups is 2. The second-order valence-corrected chi connectivity index (χ2v) is 12.6. The quantitative estimate of drug-likeness (QED) is 0.260. The summed E-state index contributed by atoms with van der Waals surface area (Å²) in [5, 5.41) is 3.41. The van der Waals surface area contributed by atoms with Gasteiger partial charge in [0.15, 0.2) is 0 Å². The number of hydrogen-bond donors (Lipinski definition) is 1. The van der Waals surface area contributed by atoms with E-state index in [9.17, 15) is 18.0 Å². The van der Waals surface area contributed by atoms with E-state index in [1.54, 1.807) is 54.6 Å². The molecule has 1 N–H and O–H groups in total. The number of anilines is 1. The van der Waals surface area contributed by atoms with E-state index >= 15 is 0 Å². The van der Waals surface area contributed by atoms with Crippen LogP contribution in [0.25, 0.3) is 0 Å². The smallest absolute Gasteiger partial charge is 0.264 e. The molecule has 0 aliphatic heterocycles. The summed E-state index contributed by atoms with van der Waals surface area (Å²) in [6, 6.07) is 17.7. The predicted octanol–water partition coefficient (Wildman–Crippen LogP) is 5.88. The summed E-state index contributed by atoms with van der Waals surface area (Å²) in [6.07, 6.45) is 1.04. The molecule has 42 heavy (non-hydrogen) atoms. The van der Waals surface area contributed by atoms with Gasteiger partial charge in [-0.05, 0) is 75.1 Å². The zero-order chi connectivity index (χ0) is 31.0. The maximum absolute atomic E-state index is 14.3. The Morgan fingerprint density at radius 2 is 1.60 bits per heavy atom. The molecular weight excluding hydrogens is 574 g/mol. The zero-order valence-electron chi connectivity index (χ0n) is 25.1. The van der Waals surface area contributed by atoms with E-state index in [4.69, 9.17) is 16.3 Å². The molecule has 0 aromatic heterocycles. The van der Waals surface area contributed by atoms with Crippen molar-refractivity contribution in [3.8, 4) is 5.75 Å². The van der Waals surface area contributed by atoms with Crippen LogP contribution in [0.2, 0.25) is 5.02 Å². The summed E-state index contributed by atoms with van der Waals surface area (Å²) in [5.74, 6) is -0.572. The predicted molar refractivity (Wildman–Crippen MR) is 167 cm³/mol. The van der Waals surface area contributed by atoms with Crippen molar-refractivity contribution in [3.05, 3.63) is 88.4 Å². The van der Waals surface area contributed by atoms with Crippen LogP contribution in [0.3, 0.4) is 0 Å². The Kier molecular flexibility index (Phi) is 11.4. The summed E-state index contributed by atoms with van der Waals surface area (Å²) in [6.45, 7) is 8.83. The lowest BCUT2D eigenvalue weighted by Crippen LogP contribution is -2.53. The van der Waals surface area contributed by atoms with Crippen molar-refractivity contribution in [2.75, 3.05) is 18.0 Å². The summed E-state index contributed by atoms with van der Waals surface area (Å²) >= 11 is 6.47. The van der Waals surface area contributed by atoms with Gasteiger partial charge in [0.2, 0.25) is 11.8 Å². The Labute approximate surface area is 254 Å². The largest absolute Gasteiger partial charge is 0.495 e. The second kappa shape index (κ2) is 14.6. The molecule has 0 saturated carbocycles. The highest BCUT2D eigenvalue weighted by atomic mass is 35.5. The van der Waals surface area contributed by atoms with Crippen LogP contribution >= 0.6 is 11.6 Å². The number of rotatable bonds is 13. The second-order valence-electron chi connectivity index (χ2n) is 10.4. The first-order valence-electron chi connectivity index (χ1n) is 14.0. The third-order valence-corrected chi connectivity index (χ3v) is 9.32. The molecule has 226 valence electrons. The molecule has 0 bridgehead atoms. The minimum atomic E-state index is -4.23. The number of carbonyl (C=O) groups excluding carboxylic acids is 2. The number of methoxy groups -OCH3 is 1. The molecule has 3 aromatic carbocycles. The first-order chi connectivity index (χ1) is 19.9. The summed E-state index contributed by atoms with van der Waals surface area (Å²) in [4.78, 5) is 29.1. The third kappa shape index (κ3) is 7.83. The monoisotopic (exact) mass is 613 g/mol. The molecular formula is C32H40ClN3O5S. The van der Waals surface area contributed by atoms with Crippen molar-refractivity contribution >= 4 is 39.1 Å². The molecule has 0 unspecified atom stereocenters. The van der Waals surface area contributed by atoms with Gasteiger partial charge in [-0.1, -0.05) is 67.4 Å². The molecule has 3 aromatic rings. The third-order valence-electron chi connectivity index (χ3n) is 7.18. The van der Waals surface area contributed by atoms with Crippen molar-refractivity contribution < 1.29 is 22.7 Å². The molecule has 0 aliphatic rings. The number of nitrogens with zero attached hydrogens (tertiary/aromatic N) is 2. The van der Waals surface area contributed by atoms with Crippen molar-refractivity contribution in [1.29, 1.82) is 0 Å². The lowest BCUT2D eigenvalue weighted by molar-refractivity contribution is -0.140. The molecule has 0 fully saturated rings. The minimum absolute atomic E-state index is 0.0221. The molecule has 3 rings (SSSR count). The van der Waals surface area contributed by atoms with Gasteiger partial charge in [0.05, 0.1) is 17.7 Å². The maximum Gasteiger partial charge on any atom is 0.264 e. The molecule has 2 amide bonds. The number of aryl methyl sites for hydroxylation is 2. The average molecular weight is 614 g/mol. The Morgan fingerprint density at radius 1 is 0.952 bits per heavy atom. The van der Waals surface area contributed by atoms with Gasteiger partial charge in [0, 0.05) is 17.6 Å². The van der Waals surface area contributed by atoms with Crippen LogP contribution in [0.15, 0.2) is 71.6 Å². The van der Waals surface area contributed by atoms with E-state index in [0.717, 1.165) is 21.9 Å². The Hall–Kier alpha value is -3.56. The molecule has 0 saturated heterocycles. The topological polar surface area (TPSA) is 96.0 Å². The maximum atomic E-state index is 14.3. The van der Waals surface area contributed by atoms with E-state index in [1.165, 1.54) is 24.1 Å². The van der Waals surface area contributed by atoms with Crippen molar-refractivity contribution in [2.45, 2.75) is 71.0 Å². The standard InChI is InChI=1S/C32H40ClN3O5S/c1-7-24(5)34-32(38)28(8-2)35(20-25-11-9-10-12-27(25)33)31(37)21-36(29-19-23(4)15-18-30(29)41-6)42(39,40)26-16-13-22(3)14-17-26/h9-19,24,28H,7-8,20-21H2,1-6H3,(H,34,38)/t24-,28+/m0/s1. The molecule has 2 atom stereocenters. The first-order valence-corrected chi connectivity index (χ1v) is 15.8. The van der Waals surface area contributed by atoms with Crippen molar-refractivity contribution in [3.63, 3.8) is 0 Å². The van der Waals surface area contributed by atoms with Gasteiger partial charge in [0.1, 0.15) is 18.3 Å². The van der Waals surface area contributed by atoms with Crippen molar-refractivity contribution in [2.24, 2.45) is 0 Å². The molecule has 0 spiro atoms. The van der Waals surface area contributed by atoms with Gasteiger partial charge in [0.25, 0.3) is 10.0 Å². The molecule has 10 heteroatoms. The van der Waals surface area contributed by atoms with Gasteiger partial charge in [-0.15, -0.1) is 0 Å². The van der Waals surface area contributed by atoms with Gasteiger partial charge < -0.3 is 15.0 Å². The number of amides is 2. The van der Waals surface area contributed by atoms with Crippen molar-refractivity contribution in [1.82, 2.24) is 10.2 Å². The first kappa shape index (κ1) is 32.9. The fourth-order valence-electron chi connectivity index (χ4n) is 4.52. The normalized spacial score (nSPS) is 12.7. The highest BCUT2D eigenvalue weighted by Crippen LogP contribution is 2.34. The number of hydrogen-bond acceptors (Lipinski definition) is 5. The Morgan fingerprint density at radius 3 is 2.19 bits per heavy atom.